The Labute approximate surface area is 139 Å². The monoisotopic (exact) mass is 325 g/mol. The average molecular weight is 325 g/mol. The van der Waals surface area contributed by atoms with Crippen molar-refractivity contribution in [1.82, 2.24) is 14.9 Å². The average Bonchev–Trinajstić information content (AvgIpc) is 2.88. The summed E-state index contributed by atoms with van der Waals surface area (Å²) in [5.41, 5.74) is 2.06. The molecule has 4 rings (SSSR count). The van der Waals surface area contributed by atoms with Crippen LogP contribution in [0.3, 0.4) is 0 Å². The van der Waals surface area contributed by atoms with Crippen LogP contribution >= 0.6 is 0 Å². The second-order valence-electron chi connectivity index (χ2n) is 6.23. The van der Waals surface area contributed by atoms with Crippen LogP contribution in [-0.4, -0.2) is 52.7 Å². The van der Waals surface area contributed by atoms with E-state index in [1.165, 1.54) is 0 Å². The van der Waals surface area contributed by atoms with Crippen molar-refractivity contribution in [3.63, 3.8) is 0 Å². The molecule has 0 radical (unpaired) electrons. The van der Waals surface area contributed by atoms with Crippen molar-refractivity contribution >= 4 is 11.6 Å². The molecule has 0 bridgehead atoms. The van der Waals surface area contributed by atoms with Gasteiger partial charge in [0.15, 0.2) is 0 Å². The first-order chi connectivity index (χ1) is 11.7. The van der Waals surface area contributed by atoms with Crippen LogP contribution in [0.25, 0.3) is 11.3 Å². The fourth-order valence-corrected chi connectivity index (χ4v) is 3.40. The van der Waals surface area contributed by atoms with Crippen molar-refractivity contribution in [3.8, 4) is 11.3 Å². The number of imidazole rings is 1. The van der Waals surface area contributed by atoms with E-state index < -0.39 is 11.6 Å². The number of fused-ring (bicyclic) bond motifs is 3. The number of carbonyl (C=O) groups is 2. The molecule has 2 aliphatic rings. The first-order valence-corrected chi connectivity index (χ1v) is 8.27. The quantitative estimate of drug-likeness (QED) is 0.857. The normalized spacial score (nSPS) is 19.5. The van der Waals surface area contributed by atoms with Gasteiger partial charge >= 0.3 is 0 Å². The van der Waals surface area contributed by atoms with Crippen LogP contribution < -0.4 is 0 Å². The molecule has 0 saturated carbocycles. The zero-order chi connectivity index (χ0) is 16.7. The zero-order valence-corrected chi connectivity index (χ0v) is 13.5. The summed E-state index contributed by atoms with van der Waals surface area (Å²) in [6.45, 7) is 5.29. The van der Waals surface area contributed by atoms with E-state index in [1.807, 2.05) is 12.1 Å². The number of H-pyrrole nitrogens is 1. The Bertz CT molecular complexity index is 804. The van der Waals surface area contributed by atoms with Gasteiger partial charge in [0, 0.05) is 30.8 Å². The smallest absolute Gasteiger partial charge is 0.251 e. The Balaban J connectivity index is 1.73. The molecule has 2 heterocycles. The number of hydrogen-bond donors (Lipinski definition) is 1. The number of rotatable bonds is 2. The van der Waals surface area contributed by atoms with E-state index in [0.29, 0.717) is 23.6 Å². The van der Waals surface area contributed by atoms with Crippen molar-refractivity contribution in [3.05, 3.63) is 41.3 Å². The number of carbonyl (C=O) groups excluding carboxylic acids is 2. The lowest BCUT2D eigenvalue weighted by Gasteiger charge is -2.25. The Morgan fingerprint density at radius 3 is 2.75 bits per heavy atom. The lowest BCUT2D eigenvalue weighted by molar-refractivity contribution is 0.0812. The van der Waals surface area contributed by atoms with Crippen molar-refractivity contribution < 1.29 is 14.3 Å². The fourth-order valence-electron chi connectivity index (χ4n) is 3.40. The summed E-state index contributed by atoms with van der Waals surface area (Å²) in [5, 5.41) is 0. The number of benzene rings is 1. The second-order valence-corrected chi connectivity index (χ2v) is 6.23. The van der Waals surface area contributed by atoms with Gasteiger partial charge in [-0.25, -0.2) is 4.98 Å². The molecule has 1 atom stereocenters. The maximum absolute atomic E-state index is 12.4. The van der Waals surface area contributed by atoms with Crippen molar-refractivity contribution in [2.24, 2.45) is 0 Å². The van der Waals surface area contributed by atoms with E-state index in [9.17, 15) is 9.59 Å². The number of nitrogens with zero attached hydrogens (tertiary/aromatic N) is 2. The van der Waals surface area contributed by atoms with Crippen molar-refractivity contribution in [2.45, 2.75) is 19.4 Å². The van der Waals surface area contributed by atoms with Gasteiger partial charge in [-0.2, -0.15) is 0 Å². The van der Waals surface area contributed by atoms with Crippen molar-refractivity contribution in [1.29, 1.82) is 0 Å². The third-order valence-electron chi connectivity index (χ3n) is 4.78. The Kier molecular flexibility index (Phi) is 3.78. The second kappa shape index (κ2) is 5.96. The lowest BCUT2D eigenvalue weighted by atomic mass is 9.90. The number of ether oxygens (including phenoxy) is 1. The molecule has 1 aliphatic carbocycles. The molecule has 0 spiro atoms. The van der Waals surface area contributed by atoms with Gasteiger partial charge in [-0.3, -0.25) is 14.5 Å². The van der Waals surface area contributed by atoms with Gasteiger partial charge in [-0.05, 0) is 13.3 Å². The molecule has 1 fully saturated rings. The Morgan fingerprint density at radius 2 is 1.92 bits per heavy atom. The molecule has 1 aliphatic heterocycles. The van der Waals surface area contributed by atoms with Gasteiger partial charge in [-0.15, -0.1) is 0 Å². The highest BCUT2D eigenvalue weighted by Crippen LogP contribution is 2.33. The van der Waals surface area contributed by atoms with E-state index in [2.05, 4.69) is 21.8 Å². The molecule has 1 aromatic heterocycles. The minimum Gasteiger partial charge on any atom is -0.380 e. The van der Waals surface area contributed by atoms with Gasteiger partial charge in [0.1, 0.15) is 17.2 Å². The van der Waals surface area contributed by atoms with E-state index in [0.717, 1.165) is 37.5 Å². The maximum atomic E-state index is 12.4. The highest BCUT2D eigenvalue weighted by molar-refractivity contribution is 6.52. The lowest BCUT2D eigenvalue weighted by Crippen LogP contribution is -2.30. The molecule has 2 aromatic rings. The Morgan fingerprint density at radius 1 is 1.12 bits per heavy atom. The van der Waals surface area contributed by atoms with Crippen LogP contribution in [0.2, 0.25) is 0 Å². The first-order valence-electron chi connectivity index (χ1n) is 8.27. The minimum atomic E-state index is -0.506. The van der Waals surface area contributed by atoms with E-state index in [-0.39, 0.29) is 6.04 Å². The third kappa shape index (κ3) is 2.39. The predicted octanol–water partition coefficient (Wildman–Crippen LogP) is 2.24. The van der Waals surface area contributed by atoms with Crippen LogP contribution in [0.15, 0.2) is 24.3 Å². The molecule has 1 N–H and O–H groups in total. The van der Waals surface area contributed by atoms with Crippen molar-refractivity contribution in [2.75, 3.05) is 26.3 Å². The van der Waals surface area contributed by atoms with Crippen LogP contribution in [0.1, 0.15) is 46.1 Å². The molecule has 1 saturated heterocycles. The summed E-state index contributed by atoms with van der Waals surface area (Å²) in [7, 11) is 0. The zero-order valence-electron chi connectivity index (χ0n) is 13.5. The van der Waals surface area contributed by atoms with Crippen LogP contribution in [-0.2, 0) is 4.74 Å². The van der Waals surface area contributed by atoms with E-state index in [4.69, 9.17) is 4.74 Å². The molecule has 24 heavy (non-hydrogen) atoms. The molecule has 6 heteroatoms. The summed E-state index contributed by atoms with van der Waals surface area (Å²) in [6.07, 6.45) is 0.977. The summed E-state index contributed by atoms with van der Waals surface area (Å²) in [5.74, 6) is -0.252. The third-order valence-corrected chi connectivity index (χ3v) is 4.78. The number of Topliss-reactive ketones (excluding diaryl/α,β-unsaturated/α-hetero) is 2. The van der Waals surface area contributed by atoms with Gasteiger partial charge in [-0.1, -0.05) is 24.3 Å². The molecular formula is C18H19N3O3. The minimum absolute atomic E-state index is 0.0346. The summed E-state index contributed by atoms with van der Waals surface area (Å²) >= 11 is 0. The largest absolute Gasteiger partial charge is 0.380 e. The molecule has 1 aromatic carbocycles. The van der Waals surface area contributed by atoms with E-state index in [1.54, 1.807) is 12.1 Å². The van der Waals surface area contributed by atoms with Crippen LogP contribution in [0, 0.1) is 0 Å². The van der Waals surface area contributed by atoms with Gasteiger partial charge < -0.3 is 9.72 Å². The number of ketones is 2. The first kappa shape index (κ1) is 15.2. The molecular weight excluding hydrogens is 306 g/mol. The molecule has 124 valence electrons. The topological polar surface area (TPSA) is 75.3 Å². The van der Waals surface area contributed by atoms with Gasteiger partial charge in [0.05, 0.1) is 12.6 Å². The summed E-state index contributed by atoms with van der Waals surface area (Å²) < 4.78 is 5.50. The summed E-state index contributed by atoms with van der Waals surface area (Å²) in [6, 6.07) is 7.18. The predicted molar refractivity (Wildman–Crippen MR) is 88.1 cm³/mol. The number of aromatic amines is 1. The molecule has 0 amide bonds. The highest BCUT2D eigenvalue weighted by Gasteiger charge is 2.34. The molecule has 6 nitrogen and oxygen atoms in total. The number of nitrogens with one attached hydrogen (secondary N) is 1. The molecule has 1 unspecified atom stereocenters. The number of aromatic nitrogens is 2. The van der Waals surface area contributed by atoms with Gasteiger partial charge in [0.25, 0.3) is 5.78 Å². The van der Waals surface area contributed by atoms with Gasteiger partial charge in [0.2, 0.25) is 5.78 Å². The standard InChI is InChI=1S/C18H19N3O3/c1-11(21-7-4-9-24-10-8-21)18-19-14-12-5-2-3-6-13(12)16(22)17(23)15(14)20-18/h2-3,5-6,11H,4,7-10H2,1H3,(H,19,20). The highest BCUT2D eigenvalue weighted by atomic mass is 16.5. The maximum Gasteiger partial charge on any atom is 0.251 e. The van der Waals surface area contributed by atoms with Crippen LogP contribution in [0.5, 0.6) is 0 Å². The number of hydrogen-bond acceptors (Lipinski definition) is 5. The SMILES string of the molecule is CC(c1nc2c([nH]1)C(=O)C(=O)c1ccccc1-2)N1CCCOCC1. The van der Waals surface area contributed by atoms with E-state index >= 15 is 0 Å². The summed E-state index contributed by atoms with van der Waals surface area (Å²) in [4.78, 5) is 34.7. The van der Waals surface area contributed by atoms with Crippen LogP contribution in [0.4, 0.5) is 0 Å². The fraction of sp³-hybridized carbons (Fsp3) is 0.389. The Hall–Kier alpha value is -2.31.